The fourth-order valence-electron chi connectivity index (χ4n) is 0.893. The maximum absolute atomic E-state index is 4.16. The monoisotopic (exact) mass is 150 g/mol. The number of hydrogen-bond donors (Lipinski definition) is 0. The predicted molar refractivity (Wildman–Crippen MR) is 47.2 cm³/mol. The second kappa shape index (κ2) is 3.96. The van der Waals surface area contributed by atoms with Crippen LogP contribution in [-0.2, 0) is 7.05 Å². The van der Waals surface area contributed by atoms with Crippen LogP contribution in [0.25, 0.3) is 6.08 Å². The van der Waals surface area contributed by atoms with Gasteiger partial charge in [0.2, 0.25) is 0 Å². The van der Waals surface area contributed by atoms with Crippen molar-refractivity contribution in [2.75, 3.05) is 0 Å². The van der Waals surface area contributed by atoms with Crippen LogP contribution in [0.3, 0.4) is 0 Å². The van der Waals surface area contributed by atoms with E-state index < -0.39 is 0 Å². The van der Waals surface area contributed by atoms with Crippen molar-refractivity contribution < 1.29 is 0 Å². The van der Waals surface area contributed by atoms with Crippen molar-refractivity contribution in [3.8, 4) is 0 Å². The summed E-state index contributed by atoms with van der Waals surface area (Å²) in [5.41, 5.74) is 0. The first-order chi connectivity index (χ1) is 5.34. The summed E-state index contributed by atoms with van der Waals surface area (Å²) in [7, 11) is 2.00. The zero-order valence-electron chi connectivity index (χ0n) is 7.12. The molecule has 0 fully saturated rings. The van der Waals surface area contributed by atoms with E-state index >= 15 is 0 Å². The summed E-state index contributed by atoms with van der Waals surface area (Å²) in [4.78, 5) is 4.16. The van der Waals surface area contributed by atoms with Crippen LogP contribution in [0.2, 0.25) is 0 Å². The molecule has 60 valence electrons. The number of aromatic nitrogens is 2. The molecule has 0 unspecified atom stereocenters. The number of hydrogen-bond acceptors (Lipinski definition) is 1. The second-order valence-electron chi connectivity index (χ2n) is 2.59. The fourth-order valence-corrected chi connectivity index (χ4v) is 0.893. The summed E-state index contributed by atoms with van der Waals surface area (Å²) in [5, 5.41) is 0. The van der Waals surface area contributed by atoms with E-state index in [1.165, 1.54) is 6.42 Å². The zero-order chi connectivity index (χ0) is 8.10. The van der Waals surface area contributed by atoms with Gasteiger partial charge in [-0.1, -0.05) is 19.4 Å². The van der Waals surface area contributed by atoms with E-state index in [9.17, 15) is 0 Å². The van der Waals surface area contributed by atoms with Gasteiger partial charge in [-0.15, -0.1) is 0 Å². The summed E-state index contributed by atoms with van der Waals surface area (Å²) in [6.07, 6.45) is 10.3. The summed E-state index contributed by atoms with van der Waals surface area (Å²) in [6, 6.07) is 0. The highest BCUT2D eigenvalue weighted by Crippen LogP contribution is 1.99. The normalized spacial score (nSPS) is 11.1. The quantitative estimate of drug-likeness (QED) is 0.646. The predicted octanol–water partition coefficient (Wildman–Crippen LogP) is 2.23. The maximum Gasteiger partial charge on any atom is 0.131 e. The highest BCUT2D eigenvalue weighted by atomic mass is 15.0. The number of nitrogens with zero attached hydrogens (tertiary/aromatic N) is 2. The lowest BCUT2D eigenvalue weighted by molar-refractivity contribution is 0.894. The van der Waals surface area contributed by atoms with Gasteiger partial charge in [-0.25, -0.2) is 4.98 Å². The molecular formula is C9H14N2. The average molecular weight is 150 g/mol. The van der Waals surface area contributed by atoms with Gasteiger partial charge in [-0.05, 0) is 12.5 Å². The van der Waals surface area contributed by atoms with Gasteiger partial charge in [0.25, 0.3) is 0 Å². The molecule has 0 amide bonds. The molecule has 0 saturated heterocycles. The molecule has 0 N–H and O–H groups in total. The Kier molecular flexibility index (Phi) is 2.90. The Morgan fingerprint density at radius 2 is 2.45 bits per heavy atom. The van der Waals surface area contributed by atoms with Crippen molar-refractivity contribution in [3.63, 3.8) is 0 Å². The minimum atomic E-state index is 1.03. The molecule has 1 aromatic heterocycles. The molecule has 2 heteroatoms. The molecule has 0 aliphatic carbocycles. The number of imidazole rings is 1. The van der Waals surface area contributed by atoms with E-state index in [1.54, 1.807) is 0 Å². The van der Waals surface area contributed by atoms with Crippen LogP contribution in [0.5, 0.6) is 0 Å². The average Bonchev–Trinajstić information content (AvgIpc) is 2.37. The minimum absolute atomic E-state index is 1.03. The lowest BCUT2D eigenvalue weighted by atomic mass is 10.3. The zero-order valence-corrected chi connectivity index (χ0v) is 7.12. The molecule has 0 aliphatic rings. The van der Waals surface area contributed by atoms with Gasteiger partial charge in [-0.2, -0.15) is 0 Å². The summed E-state index contributed by atoms with van der Waals surface area (Å²) < 4.78 is 2.01. The van der Waals surface area contributed by atoms with Crippen LogP contribution in [0.1, 0.15) is 25.6 Å². The third-order valence-corrected chi connectivity index (χ3v) is 1.58. The van der Waals surface area contributed by atoms with Crippen LogP contribution in [-0.4, -0.2) is 9.55 Å². The molecule has 1 aromatic rings. The fraction of sp³-hybridized carbons (Fsp3) is 0.444. The number of aryl methyl sites for hydroxylation is 1. The summed E-state index contributed by atoms with van der Waals surface area (Å²) in [5.74, 6) is 1.03. The number of unbranched alkanes of at least 4 members (excludes halogenated alkanes) is 1. The van der Waals surface area contributed by atoms with E-state index in [0.717, 1.165) is 12.2 Å². The largest absolute Gasteiger partial charge is 0.335 e. The Morgan fingerprint density at radius 3 is 3.00 bits per heavy atom. The molecule has 0 aliphatic heterocycles. The molecule has 0 saturated carbocycles. The molecule has 1 rings (SSSR count). The van der Waals surface area contributed by atoms with Gasteiger partial charge in [-0.3, -0.25) is 0 Å². The van der Waals surface area contributed by atoms with Gasteiger partial charge in [0, 0.05) is 19.4 Å². The lowest BCUT2D eigenvalue weighted by Crippen LogP contribution is -1.88. The van der Waals surface area contributed by atoms with Crippen LogP contribution in [0.15, 0.2) is 18.5 Å². The second-order valence-corrected chi connectivity index (χ2v) is 2.59. The topological polar surface area (TPSA) is 17.8 Å². The molecule has 0 atom stereocenters. The van der Waals surface area contributed by atoms with E-state index in [4.69, 9.17) is 0 Å². The molecule has 0 bridgehead atoms. The van der Waals surface area contributed by atoms with Crippen molar-refractivity contribution in [2.45, 2.75) is 19.8 Å². The van der Waals surface area contributed by atoms with Gasteiger partial charge in [0.05, 0.1) is 0 Å². The molecule has 2 nitrogen and oxygen atoms in total. The summed E-state index contributed by atoms with van der Waals surface area (Å²) >= 11 is 0. The Labute approximate surface area is 67.6 Å². The van der Waals surface area contributed by atoms with Gasteiger partial charge < -0.3 is 4.57 Å². The van der Waals surface area contributed by atoms with E-state index in [-0.39, 0.29) is 0 Å². The maximum atomic E-state index is 4.16. The van der Waals surface area contributed by atoms with E-state index in [1.807, 2.05) is 24.0 Å². The Morgan fingerprint density at radius 1 is 1.64 bits per heavy atom. The Hall–Kier alpha value is -1.05. The van der Waals surface area contributed by atoms with Crippen LogP contribution >= 0.6 is 0 Å². The number of allylic oxidation sites excluding steroid dienone is 1. The third kappa shape index (κ3) is 2.22. The molecule has 0 spiro atoms. The van der Waals surface area contributed by atoms with E-state index in [2.05, 4.69) is 24.1 Å². The van der Waals surface area contributed by atoms with Crippen molar-refractivity contribution in [1.82, 2.24) is 9.55 Å². The van der Waals surface area contributed by atoms with Gasteiger partial charge >= 0.3 is 0 Å². The molecule has 1 heterocycles. The molecule has 0 aromatic carbocycles. The smallest absolute Gasteiger partial charge is 0.131 e. The first-order valence-electron chi connectivity index (χ1n) is 3.98. The molecule has 11 heavy (non-hydrogen) atoms. The lowest BCUT2D eigenvalue weighted by Gasteiger charge is -1.92. The number of rotatable bonds is 3. The minimum Gasteiger partial charge on any atom is -0.335 e. The first kappa shape index (κ1) is 8.05. The van der Waals surface area contributed by atoms with Crippen molar-refractivity contribution in [3.05, 3.63) is 24.3 Å². The Balaban J connectivity index is 2.56. The standard InChI is InChI=1S/C9H14N2/c1-3-4-5-6-9-10-7-8-11(9)2/h5-8H,3-4H2,1-2H3/b6-5+. The summed E-state index contributed by atoms with van der Waals surface area (Å²) in [6.45, 7) is 2.17. The van der Waals surface area contributed by atoms with Crippen molar-refractivity contribution in [2.24, 2.45) is 7.05 Å². The highest BCUT2D eigenvalue weighted by Gasteiger charge is 1.89. The highest BCUT2D eigenvalue weighted by molar-refractivity contribution is 5.39. The molecular weight excluding hydrogens is 136 g/mol. The van der Waals surface area contributed by atoms with Crippen LogP contribution in [0.4, 0.5) is 0 Å². The Bertz CT molecular complexity index is 235. The SMILES string of the molecule is CCC/C=C/c1nccn1C. The van der Waals surface area contributed by atoms with Crippen molar-refractivity contribution in [1.29, 1.82) is 0 Å². The van der Waals surface area contributed by atoms with E-state index in [0.29, 0.717) is 0 Å². The third-order valence-electron chi connectivity index (χ3n) is 1.58. The van der Waals surface area contributed by atoms with Crippen LogP contribution < -0.4 is 0 Å². The van der Waals surface area contributed by atoms with Crippen LogP contribution in [0, 0.1) is 0 Å². The van der Waals surface area contributed by atoms with Gasteiger partial charge in [0.1, 0.15) is 5.82 Å². The van der Waals surface area contributed by atoms with Gasteiger partial charge in [0.15, 0.2) is 0 Å². The molecule has 0 radical (unpaired) electrons. The van der Waals surface area contributed by atoms with Crippen molar-refractivity contribution >= 4 is 6.08 Å². The first-order valence-corrected chi connectivity index (χ1v) is 3.98.